The van der Waals surface area contributed by atoms with E-state index in [2.05, 4.69) is 27.4 Å². The topological polar surface area (TPSA) is 66.5 Å². The highest BCUT2D eigenvalue weighted by Gasteiger charge is 2.21. The molecule has 1 amide bonds. The first-order valence-electron chi connectivity index (χ1n) is 9.62. The van der Waals surface area contributed by atoms with Gasteiger partial charge >= 0.3 is 0 Å². The van der Waals surface area contributed by atoms with Gasteiger partial charge in [-0.3, -0.25) is 4.79 Å². The molecular weight excluding hydrogens is 340 g/mol. The van der Waals surface area contributed by atoms with Crippen molar-refractivity contribution < 1.29 is 11.0 Å². The van der Waals surface area contributed by atoms with Crippen LogP contribution in [0, 0.1) is 0 Å². The van der Waals surface area contributed by atoms with E-state index in [1.54, 1.807) is 18.3 Å². The quantitative estimate of drug-likeness (QED) is 0.696. The number of benzene rings is 1. The van der Waals surface area contributed by atoms with E-state index in [-0.39, 0.29) is 7.33 Å². The first kappa shape index (κ1) is 19.2. The predicted octanol–water partition coefficient (Wildman–Crippen LogP) is 3.56. The lowest BCUT2D eigenvalue weighted by Crippen LogP contribution is -2.29. The van der Waals surface area contributed by atoms with Crippen LogP contribution in [0.3, 0.4) is 0 Å². The fourth-order valence-electron chi connectivity index (χ4n) is 3.09. The number of unbranched alkanes of at least 4 members (excludes halogenated alkanes) is 1. The number of nitrogens with one attached hydrogen (secondary N) is 2. The highest BCUT2D eigenvalue weighted by molar-refractivity contribution is 6.04. The van der Waals surface area contributed by atoms with Crippen LogP contribution < -0.4 is 20.3 Å². The molecule has 1 fully saturated rings. The average Bonchev–Trinajstić information content (AvgIpc) is 3.18. The maximum atomic E-state index is 12.4. The monoisotopic (exact) mass is 370 g/mol. The summed E-state index contributed by atoms with van der Waals surface area (Å²) in [5, 5.41) is 6.20. The molecule has 2 N–H and O–H groups in total. The number of hydrogen-bond donors (Lipinski definition) is 2. The molecule has 0 bridgehead atoms. The zero-order valence-electron chi connectivity index (χ0n) is 16.1. The molecule has 1 aromatic carbocycles. The third-order valence-corrected chi connectivity index (χ3v) is 4.81. The summed E-state index contributed by atoms with van der Waals surface area (Å²) in [5.74, 6) is 1.58. The summed E-state index contributed by atoms with van der Waals surface area (Å²) < 4.78 is 5.63. The maximum Gasteiger partial charge on any atom is 0.255 e. The molecule has 0 spiro atoms. The van der Waals surface area contributed by atoms with E-state index in [1.165, 1.54) is 0 Å². The summed E-state index contributed by atoms with van der Waals surface area (Å²) in [5.41, 5.74) is 1.29. The van der Waals surface area contributed by atoms with Crippen molar-refractivity contribution in [2.24, 2.45) is 0 Å². The molecule has 3 rings (SSSR count). The van der Waals surface area contributed by atoms with E-state index < -0.39 is 0 Å². The van der Waals surface area contributed by atoms with Gasteiger partial charge in [0.2, 0.25) is 0 Å². The summed E-state index contributed by atoms with van der Waals surface area (Å²) in [6.07, 6.45) is 4.95. The lowest BCUT2D eigenvalue weighted by molar-refractivity contribution is 0.102. The Balaban J connectivity index is 0.00000280. The minimum absolute atomic E-state index is 0. The Morgan fingerprint density at radius 1 is 1.30 bits per heavy atom. The molecule has 1 atom stereocenters. The number of anilines is 2. The number of nitrogens with zero attached hydrogens (tertiary/aromatic N) is 2. The second-order valence-electron chi connectivity index (χ2n) is 6.81. The molecule has 1 aliphatic heterocycles. The number of ether oxygens (including phenoxy) is 1. The van der Waals surface area contributed by atoms with Crippen molar-refractivity contribution in [2.45, 2.75) is 32.2 Å². The third-order valence-electron chi connectivity index (χ3n) is 4.81. The fourth-order valence-corrected chi connectivity index (χ4v) is 3.09. The van der Waals surface area contributed by atoms with Crippen LogP contribution >= 0.6 is 0 Å². The van der Waals surface area contributed by atoms with E-state index in [0.717, 1.165) is 43.9 Å². The molecule has 1 aliphatic rings. The standard InChI is InChI=1S/C21H28N4O2.H2/c1-3-4-13-27-19-8-5-16(6-9-19)21(26)24-17-7-10-20(23-14-17)25-12-11-18(15-25)22-2;/h5-10,14,18,22H,3-4,11-13,15H2,1-2H3,(H,24,26);1H. The van der Waals surface area contributed by atoms with E-state index in [1.807, 2.05) is 31.3 Å². The van der Waals surface area contributed by atoms with Crippen LogP contribution in [-0.2, 0) is 0 Å². The molecule has 6 heteroatoms. The molecule has 27 heavy (non-hydrogen) atoms. The number of carbonyl (C=O) groups excluding carboxylic acids is 1. The Labute approximate surface area is 162 Å². The minimum Gasteiger partial charge on any atom is -0.494 e. The zero-order valence-corrected chi connectivity index (χ0v) is 16.1. The van der Waals surface area contributed by atoms with Crippen LogP contribution in [0.2, 0.25) is 0 Å². The van der Waals surface area contributed by atoms with Crippen molar-refractivity contribution in [3.05, 3.63) is 48.2 Å². The molecule has 6 nitrogen and oxygen atoms in total. The summed E-state index contributed by atoms with van der Waals surface area (Å²) in [6.45, 7) is 4.79. The maximum absolute atomic E-state index is 12.4. The van der Waals surface area contributed by atoms with Crippen molar-refractivity contribution in [3.8, 4) is 5.75 Å². The van der Waals surface area contributed by atoms with Gasteiger partial charge in [-0.05, 0) is 56.3 Å². The summed E-state index contributed by atoms with van der Waals surface area (Å²) >= 11 is 0. The van der Waals surface area contributed by atoms with Gasteiger partial charge in [0.05, 0.1) is 18.5 Å². The number of aromatic nitrogens is 1. The smallest absolute Gasteiger partial charge is 0.255 e. The van der Waals surface area contributed by atoms with Crippen molar-refractivity contribution >= 4 is 17.4 Å². The third kappa shape index (κ3) is 5.20. The molecule has 2 aromatic rings. The van der Waals surface area contributed by atoms with Gasteiger partial charge in [-0.15, -0.1) is 0 Å². The Hall–Kier alpha value is -2.60. The van der Waals surface area contributed by atoms with Crippen LogP contribution in [0.25, 0.3) is 0 Å². The SMILES string of the molecule is CCCCOc1ccc(C(=O)Nc2ccc(N3CCC(NC)C3)nc2)cc1.[HH]. The van der Waals surface area contributed by atoms with E-state index in [4.69, 9.17) is 4.74 Å². The molecule has 0 radical (unpaired) electrons. The molecule has 1 unspecified atom stereocenters. The van der Waals surface area contributed by atoms with Gasteiger partial charge in [-0.1, -0.05) is 13.3 Å². The average molecular weight is 370 g/mol. The molecule has 0 aliphatic carbocycles. The zero-order chi connectivity index (χ0) is 19.1. The normalized spacial score (nSPS) is 16.4. The second-order valence-corrected chi connectivity index (χ2v) is 6.81. The van der Waals surface area contributed by atoms with Gasteiger partial charge in [0.15, 0.2) is 0 Å². The minimum atomic E-state index is -0.152. The van der Waals surface area contributed by atoms with Gasteiger partial charge in [-0.25, -0.2) is 4.98 Å². The Morgan fingerprint density at radius 3 is 2.74 bits per heavy atom. The lowest BCUT2D eigenvalue weighted by Gasteiger charge is -2.17. The van der Waals surface area contributed by atoms with Crippen LogP contribution in [0.1, 0.15) is 38.0 Å². The van der Waals surface area contributed by atoms with Gasteiger partial charge < -0.3 is 20.3 Å². The van der Waals surface area contributed by atoms with Crippen LogP contribution in [0.4, 0.5) is 11.5 Å². The van der Waals surface area contributed by atoms with Crippen molar-refractivity contribution in [3.63, 3.8) is 0 Å². The van der Waals surface area contributed by atoms with Gasteiger partial charge in [0.25, 0.3) is 5.91 Å². The highest BCUT2D eigenvalue weighted by atomic mass is 16.5. The fraction of sp³-hybridized carbons (Fsp3) is 0.429. The predicted molar refractivity (Wildman–Crippen MR) is 111 cm³/mol. The van der Waals surface area contributed by atoms with E-state index >= 15 is 0 Å². The van der Waals surface area contributed by atoms with Crippen molar-refractivity contribution in [1.29, 1.82) is 0 Å². The summed E-state index contributed by atoms with van der Waals surface area (Å²) in [6, 6.07) is 11.6. The largest absolute Gasteiger partial charge is 0.494 e. The number of likely N-dealkylation sites (N-methyl/N-ethyl adjacent to an activating group) is 1. The molecule has 2 heterocycles. The second kappa shape index (κ2) is 9.37. The molecule has 146 valence electrons. The van der Waals surface area contributed by atoms with Crippen LogP contribution in [0.5, 0.6) is 5.75 Å². The van der Waals surface area contributed by atoms with Crippen molar-refractivity contribution in [2.75, 3.05) is 37.0 Å². The first-order valence-corrected chi connectivity index (χ1v) is 9.62. The van der Waals surface area contributed by atoms with Crippen LogP contribution in [0.15, 0.2) is 42.6 Å². The Bertz CT molecular complexity index is 737. The number of carbonyl (C=O) groups is 1. The number of pyridine rings is 1. The molecular formula is C21H30N4O2. The Morgan fingerprint density at radius 2 is 2.11 bits per heavy atom. The van der Waals surface area contributed by atoms with E-state index in [0.29, 0.717) is 23.9 Å². The molecule has 0 saturated carbocycles. The number of amides is 1. The van der Waals surface area contributed by atoms with Gasteiger partial charge in [-0.2, -0.15) is 0 Å². The Kier molecular flexibility index (Phi) is 6.65. The summed E-state index contributed by atoms with van der Waals surface area (Å²) in [7, 11) is 1.99. The highest BCUT2D eigenvalue weighted by Crippen LogP contribution is 2.20. The van der Waals surface area contributed by atoms with Gasteiger partial charge in [0, 0.05) is 26.1 Å². The number of hydrogen-bond acceptors (Lipinski definition) is 5. The molecule has 1 saturated heterocycles. The van der Waals surface area contributed by atoms with Gasteiger partial charge in [0.1, 0.15) is 11.6 Å². The lowest BCUT2D eigenvalue weighted by atomic mass is 10.2. The first-order chi connectivity index (χ1) is 13.2. The van der Waals surface area contributed by atoms with E-state index in [9.17, 15) is 4.79 Å². The molecule has 1 aromatic heterocycles. The summed E-state index contributed by atoms with van der Waals surface area (Å²) in [4.78, 5) is 19.2. The van der Waals surface area contributed by atoms with Crippen LogP contribution in [-0.4, -0.2) is 43.7 Å². The van der Waals surface area contributed by atoms with Crippen molar-refractivity contribution in [1.82, 2.24) is 10.3 Å². The number of rotatable bonds is 8.